The monoisotopic (exact) mass is 410 g/mol. The van der Waals surface area contributed by atoms with E-state index in [9.17, 15) is 14.4 Å². The van der Waals surface area contributed by atoms with Gasteiger partial charge in [0.1, 0.15) is 19.3 Å². The molecule has 1 atom stereocenters. The summed E-state index contributed by atoms with van der Waals surface area (Å²) in [4.78, 5) is 39.1. The molecule has 4 amide bonds. The fourth-order valence-corrected chi connectivity index (χ4v) is 3.39. The summed E-state index contributed by atoms with van der Waals surface area (Å²) in [5, 5.41) is 8.23. The van der Waals surface area contributed by atoms with E-state index in [4.69, 9.17) is 9.47 Å². The Kier molecular flexibility index (Phi) is 5.69. The average Bonchev–Trinajstić information content (AvgIpc) is 2.75. The van der Waals surface area contributed by atoms with Gasteiger partial charge in [-0.25, -0.2) is 4.79 Å². The van der Waals surface area contributed by atoms with E-state index in [2.05, 4.69) is 16.0 Å². The number of hydrogen-bond donors (Lipinski definition) is 3. The molecule has 0 saturated carbocycles. The van der Waals surface area contributed by atoms with Crippen LogP contribution in [0.25, 0.3) is 0 Å². The zero-order chi connectivity index (χ0) is 20.9. The average molecular weight is 410 g/mol. The van der Waals surface area contributed by atoms with Crippen LogP contribution in [0.2, 0.25) is 0 Å². The smallest absolute Gasteiger partial charge is 0.322 e. The normalized spacial score (nSPS) is 17.7. The Morgan fingerprint density at radius 1 is 1.00 bits per heavy atom. The van der Waals surface area contributed by atoms with Gasteiger partial charge in [0.25, 0.3) is 0 Å². The molecule has 156 valence electrons. The van der Waals surface area contributed by atoms with Crippen LogP contribution in [0.4, 0.5) is 16.2 Å². The fraction of sp³-hybridized carbons (Fsp3) is 0.286. The van der Waals surface area contributed by atoms with Crippen LogP contribution in [0.3, 0.4) is 0 Å². The highest BCUT2D eigenvalue weighted by molar-refractivity contribution is 5.99. The summed E-state index contributed by atoms with van der Waals surface area (Å²) in [6.07, 6.45) is -0.164. The second kappa shape index (κ2) is 8.73. The highest BCUT2D eigenvalue weighted by Gasteiger charge is 2.34. The Balaban J connectivity index is 1.42. The van der Waals surface area contributed by atoms with Gasteiger partial charge in [0.15, 0.2) is 11.5 Å². The van der Waals surface area contributed by atoms with Crippen molar-refractivity contribution < 1.29 is 23.9 Å². The lowest BCUT2D eigenvalue weighted by Gasteiger charge is -2.34. The number of para-hydroxylation sites is 1. The lowest BCUT2D eigenvalue weighted by molar-refractivity contribution is -0.130. The maximum absolute atomic E-state index is 12.7. The van der Waals surface area contributed by atoms with Crippen LogP contribution in [-0.4, -0.2) is 55.1 Å². The molecular weight excluding hydrogens is 388 g/mol. The van der Waals surface area contributed by atoms with E-state index in [1.54, 1.807) is 42.5 Å². The highest BCUT2D eigenvalue weighted by atomic mass is 16.6. The van der Waals surface area contributed by atoms with Crippen LogP contribution < -0.4 is 25.4 Å². The number of ether oxygens (including phenoxy) is 2. The van der Waals surface area contributed by atoms with Gasteiger partial charge in [0.05, 0.1) is 6.42 Å². The van der Waals surface area contributed by atoms with E-state index in [1.807, 2.05) is 6.07 Å². The van der Waals surface area contributed by atoms with Crippen molar-refractivity contribution in [3.63, 3.8) is 0 Å². The zero-order valence-electron chi connectivity index (χ0n) is 16.2. The molecule has 4 rings (SSSR count). The maximum Gasteiger partial charge on any atom is 0.322 e. The molecule has 0 radical (unpaired) electrons. The molecule has 0 unspecified atom stereocenters. The third kappa shape index (κ3) is 4.45. The van der Waals surface area contributed by atoms with Crippen molar-refractivity contribution >= 4 is 29.2 Å². The number of fused-ring (bicyclic) bond motifs is 1. The zero-order valence-corrected chi connectivity index (χ0v) is 16.2. The van der Waals surface area contributed by atoms with Crippen molar-refractivity contribution in [1.82, 2.24) is 10.2 Å². The number of rotatable bonds is 4. The molecule has 30 heavy (non-hydrogen) atoms. The van der Waals surface area contributed by atoms with Crippen molar-refractivity contribution in [3.8, 4) is 11.5 Å². The molecule has 3 N–H and O–H groups in total. The van der Waals surface area contributed by atoms with E-state index < -0.39 is 12.1 Å². The van der Waals surface area contributed by atoms with Gasteiger partial charge in [-0.3, -0.25) is 9.59 Å². The molecule has 1 fully saturated rings. The number of benzene rings is 2. The van der Waals surface area contributed by atoms with E-state index in [0.29, 0.717) is 49.2 Å². The second-order valence-corrected chi connectivity index (χ2v) is 6.91. The van der Waals surface area contributed by atoms with Gasteiger partial charge in [-0.1, -0.05) is 18.2 Å². The van der Waals surface area contributed by atoms with Crippen molar-refractivity contribution in [1.29, 1.82) is 0 Å². The van der Waals surface area contributed by atoms with Crippen LogP contribution in [-0.2, 0) is 9.59 Å². The number of hydrogen-bond acceptors (Lipinski definition) is 5. The van der Waals surface area contributed by atoms with E-state index >= 15 is 0 Å². The quantitative estimate of drug-likeness (QED) is 0.712. The van der Waals surface area contributed by atoms with E-state index in [-0.39, 0.29) is 18.2 Å². The molecule has 0 aliphatic carbocycles. The number of nitrogens with zero attached hydrogens (tertiary/aromatic N) is 1. The number of urea groups is 1. The summed E-state index contributed by atoms with van der Waals surface area (Å²) in [5.74, 6) is 0.431. The van der Waals surface area contributed by atoms with Crippen LogP contribution >= 0.6 is 0 Å². The van der Waals surface area contributed by atoms with Crippen molar-refractivity contribution in [3.05, 3.63) is 48.5 Å². The van der Waals surface area contributed by atoms with Crippen LogP contribution in [0.1, 0.15) is 6.42 Å². The SMILES string of the molecule is O=C(C[C@H]1C(=O)NCCN1C(=O)Nc1ccccc1)Nc1ccc2c(c1)OCCO2. The standard InChI is InChI=1S/C21H22N4O5/c26-19(23-15-6-7-17-18(12-15)30-11-10-29-17)13-16-20(27)22-8-9-25(16)21(28)24-14-4-2-1-3-5-14/h1-7,12,16H,8-11,13H2,(H,22,27)(H,23,26)(H,24,28)/t16-/m0/s1. The molecule has 0 aromatic heterocycles. The third-order valence-corrected chi connectivity index (χ3v) is 4.82. The van der Waals surface area contributed by atoms with Crippen LogP contribution in [0.5, 0.6) is 11.5 Å². The van der Waals surface area contributed by atoms with E-state index in [0.717, 1.165) is 0 Å². The Morgan fingerprint density at radius 3 is 2.57 bits per heavy atom. The maximum atomic E-state index is 12.7. The second-order valence-electron chi connectivity index (χ2n) is 6.91. The van der Waals surface area contributed by atoms with Crippen molar-refractivity contribution in [2.75, 3.05) is 36.9 Å². The van der Waals surface area contributed by atoms with Crippen molar-refractivity contribution in [2.24, 2.45) is 0 Å². The summed E-state index contributed by atoms with van der Waals surface area (Å²) in [6.45, 7) is 1.57. The number of nitrogens with one attached hydrogen (secondary N) is 3. The van der Waals surface area contributed by atoms with Gasteiger partial charge in [0.2, 0.25) is 11.8 Å². The van der Waals surface area contributed by atoms with Gasteiger partial charge >= 0.3 is 6.03 Å². The number of amides is 4. The first-order valence-corrected chi connectivity index (χ1v) is 9.70. The number of carbonyl (C=O) groups excluding carboxylic acids is 3. The minimum atomic E-state index is -0.903. The summed E-state index contributed by atoms with van der Waals surface area (Å²) in [6, 6.07) is 12.7. The Bertz CT molecular complexity index is 950. The van der Waals surface area contributed by atoms with Gasteiger partial charge in [0, 0.05) is 30.5 Å². The number of piperazine rings is 1. The Labute approximate surface area is 173 Å². The van der Waals surface area contributed by atoms with Gasteiger partial charge in [-0.05, 0) is 24.3 Å². The molecule has 0 bridgehead atoms. The molecule has 2 heterocycles. The first-order valence-electron chi connectivity index (χ1n) is 9.70. The molecular formula is C21H22N4O5. The Morgan fingerprint density at radius 2 is 1.77 bits per heavy atom. The van der Waals surface area contributed by atoms with Gasteiger partial charge in [-0.2, -0.15) is 0 Å². The lowest BCUT2D eigenvalue weighted by Crippen LogP contribution is -2.59. The number of anilines is 2. The summed E-state index contributed by atoms with van der Waals surface area (Å²) in [7, 11) is 0. The lowest BCUT2D eigenvalue weighted by atomic mass is 10.1. The van der Waals surface area contributed by atoms with Gasteiger partial charge < -0.3 is 30.3 Å². The predicted octanol–water partition coefficient (Wildman–Crippen LogP) is 1.82. The first kappa shape index (κ1) is 19.6. The summed E-state index contributed by atoms with van der Waals surface area (Å²) >= 11 is 0. The predicted molar refractivity (Wildman–Crippen MR) is 110 cm³/mol. The fourth-order valence-electron chi connectivity index (χ4n) is 3.39. The topological polar surface area (TPSA) is 109 Å². The van der Waals surface area contributed by atoms with E-state index in [1.165, 1.54) is 4.90 Å². The number of carbonyl (C=O) groups is 3. The largest absolute Gasteiger partial charge is 0.486 e. The van der Waals surface area contributed by atoms with Crippen LogP contribution in [0, 0.1) is 0 Å². The first-order chi connectivity index (χ1) is 14.6. The highest BCUT2D eigenvalue weighted by Crippen LogP contribution is 2.32. The molecule has 9 nitrogen and oxygen atoms in total. The molecule has 1 saturated heterocycles. The summed E-state index contributed by atoms with van der Waals surface area (Å²) < 4.78 is 11.0. The summed E-state index contributed by atoms with van der Waals surface area (Å²) in [5.41, 5.74) is 1.15. The van der Waals surface area contributed by atoms with Crippen molar-refractivity contribution in [2.45, 2.75) is 12.5 Å². The molecule has 2 aliphatic heterocycles. The molecule has 2 aromatic rings. The third-order valence-electron chi connectivity index (χ3n) is 4.82. The minimum Gasteiger partial charge on any atom is -0.486 e. The Hall–Kier alpha value is -3.75. The molecule has 9 heteroatoms. The van der Waals surface area contributed by atoms with Crippen LogP contribution in [0.15, 0.2) is 48.5 Å². The molecule has 2 aliphatic rings. The van der Waals surface area contributed by atoms with Gasteiger partial charge in [-0.15, -0.1) is 0 Å². The molecule has 2 aromatic carbocycles. The molecule has 0 spiro atoms. The minimum absolute atomic E-state index is 0.164.